The number of aryl methyl sites for hydroxylation is 2. The van der Waals surface area contributed by atoms with Crippen LogP contribution in [0.15, 0.2) is 30.3 Å². The van der Waals surface area contributed by atoms with Gasteiger partial charge >= 0.3 is 6.09 Å². The van der Waals surface area contributed by atoms with Crippen molar-refractivity contribution in [2.75, 3.05) is 31.1 Å². The zero-order valence-electron chi connectivity index (χ0n) is 22.6. The maximum absolute atomic E-state index is 12.6. The number of nitrogens with one attached hydrogen (secondary N) is 2. The number of hydrogen-bond acceptors (Lipinski definition) is 8. The monoisotopic (exact) mass is 507 g/mol. The van der Waals surface area contributed by atoms with Gasteiger partial charge in [-0.15, -0.1) is 10.2 Å². The molecule has 1 aliphatic carbocycles. The van der Waals surface area contributed by atoms with Crippen LogP contribution >= 0.6 is 0 Å². The maximum atomic E-state index is 12.6. The summed E-state index contributed by atoms with van der Waals surface area (Å²) in [5.74, 6) is 2.71. The number of piperazine rings is 1. The lowest BCUT2D eigenvalue weighted by atomic mass is 9.76. The van der Waals surface area contributed by atoms with E-state index in [-0.39, 0.29) is 6.09 Å². The summed E-state index contributed by atoms with van der Waals surface area (Å²) in [5, 5.41) is 9.44. The first-order valence-corrected chi connectivity index (χ1v) is 13.8. The van der Waals surface area contributed by atoms with E-state index in [1.807, 2.05) is 26.8 Å². The number of aromatic nitrogens is 3. The number of benzene rings is 1. The van der Waals surface area contributed by atoms with E-state index in [9.17, 15) is 4.79 Å². The highest BCUT2D eigenvalue weighted by atomic mass is 16.6. The van der Waals surface area contributed by atoms with E-state index in [1.54, 1.807) is 4.90 Å². The Morgan fingerprint density at radius 1 is 1.03 bits per heavy atom. The molecule has 0 spiro atoms. The molecule has 9 nitrogen and oxygen atoms in total. The third kappa shape index (κ3) is 6.21. The second kappa shape index (κ2) is 10.9. The Bertz CT molecular complexity index is 1070. The molecule has 3 heterocycles. The van der Waals surface area contributed by atoms with E-state index in [2.05, 4.69) is 52.0 Å². The molecule has 0 bridgehead atoms. The summed E-state index contributed by atoms with van der Waals surface area (Å²) in [7, 11) is 0. The number of carbonyl (C=O) groups excluding carboxylic acids is 1. The minimum atomic E-state index is -0.495. The van der Waals surface area contributed by atoms with Gasteiger partial charge in [-0.2, -0.15) is 0 Å². The normalized spacial score (nSPS) is 26.2. The van der Waals surface area contributed by atoms with Crippen molar-refractivity contribution in [2.45, 2.75) is 83.4 Å². The molecule has 5 rings (SSSR count). The molecule has 2 N–H and O–H groups in total. The molecule has 37 heavy (non-hydrogen) atoms. The summed E-state index contributed by atoms with van der Waals surface area (Å²) in [6, 6.07) is 11.5. The molecule has 3 aliphatic rings. The third-order valence-electron chi connectivity index (χ3n) is 7.88. The molecule has 1 amide bonds. The largest absolute Gasteiger partial charge is 0.444 e. The first-order valence-electron chi connectivity index (χ1n) is 13.8. The van der Waals surface area contributed by atoms with Gasteiger partial charge in [0.15, 0.2) is 11.6 Å². The standard InChI is InChI=1S/C28H41N7O2/c1-19-22-18-21(11-13-23(22)31-30-19)25-29-26(24(32-33-25)12-10-20-8-6-5-7-9-20)34-14-16-35(17-15-34)27(36)37-28(2,3)4/h5-9,19,21-23,30-31H,10-18H2,1-4H3. The van der Waals surface area contributed by atoms with Gasteiger partial charge in [-0.3, -0.25) is 10.9 Å². The first-order chi connectivity index (χ1) is 17.8. The molecule has 0 radical (unpaired) electrons. The van der Waals surface area contributed by atoms with Crippen LogP contribution in [0.4, 0.5) is 10.6 Å². The van der Waals surface area contributed by atoms with Gasteiger partial charge < -0.3 is 14.5 Å². The first kappa shape index (κ1) is 25.9. The van der Waals surface area contributed by atoms with Crippen LogP contribution in [0.3, 0.4) is 0 Å². The highest BCUT2D eigenvalue weighted by Gasteiger charge is 2.40. The van der Waals surface area contributed by atoms with Crippen molar-refractivity contribution in [1.82, 2.24) is 30.9 Å². The van der Waals surface area contributed by atoms with Crippen LogP contribution in [0.25, 0.3) is 0 Å². The lowest BCUT2D eigenvalue weighted by Crippen LogP contribution is -2.50. The van der Waals surface area contributed by atoms with Crippen molar-refractivity contribution in [3.8, 4) is 0 Å². The Balaban J connectivity index is 1.33. The molecule has 3 fully saturated rings. The highest BCUT2D eigenvalue weighted by molar-refractivity contribution is 5.68. The molecular weight excluding hydrogens is 466 g/mol. The number of hydrazine groups is 1. The average Bonchev–Trinajstić information content (AvgIpc) is 3.27. The lowest BCUT2D eigenvalue weighted by molar-refractivity contribution is 0.0240. The van der Waals surface area contributed by atoms with Crippen molar-refractivity contribution in [3.63, 3.8) is 0 Å². The topological polar surface area (TPSA) is 95.5 Å². The van der Waals surface area contributed by atoms with Crippen molar-refractivity contribution < 1.29 is 9.53 Å². The quantitative estimate of drug-likeness (QED) is 0.635. The van der Waals surface area contributed by atoms with Gasteiger partial charge in [0.2, 0.25) is 0 Å². The van der Waals surface area contributed by atoms with Crippen molar-refractivity contribution in [2.24, 2.45) is 5.92 Å². The summed E-state index contributed by atoms with van der Waals surface area (Å²) in [6.07, 6.45) is 4.69. The van der Waals surface area contributed by atoms with Gasteiger partial charge in [0.05, 0.1) is 0 Å². The van der Waals surface area contributed by atoms with Crippen LogP contribution in [0.1, 0.15) is 70.0 Å². The smallest absolute Gasteiger partial charge is 0.410 e. The Labute approximate surface area is 220 Å². The van der Waals surface area contributed by atoms with Gasteiger partial charge in [0.1, 0.15) is 11.3 Å². The van der Waals surface area contributed by atoms with Gasteiger partial charge in [-0.1, -0.05) is 30.3 Å². The molecule has 2 saturated heterocycles. The third-order valence-corrected chi connectivity index (χ3v) is 7.88. The highest BCUT2D eigenvalue weighted by Crippen LogP contribution is 2.38. The zero-order valence-corrected chi connectivity index (χ0v) is 22.6. The number of hydrogen-bond donors (Lipinski definition) is 2. The van der Waals surface area contributed by atoms with Gasteiger partial charge in [0, 0.05) is 44.2 Å². The van der Waals surface area contributed by atoms with Crippen LogP contribution < -0.4 is 15.8 Å². The van der Waals surface area contributed by atoms with Crippen LogP contribution in [0.2, 0.25) is 0 Å². The van der Waals surface area contributed by atoms with Gasteiger partial charge in [0.25, 0.3) is 0 Å². The summed E-state index contributed by atoms with van der Waals surface area (Å²) in [6.45, 7) is 10.6. The molecule has 1 aromatic carbocycles. The molecule has 1 aromatic heterocycles. The van der Waals surface area contributed by atoms with E-state index >= 15 is 0 Å². The summed E-state index contributed by atoms with van der Waals surface area (Å²) < 4.78 is 5.59. The van der Waals surface area contributed by atoms with Gasteiger partial charge in [-0.25, -0.2) is 9.78 Å². The van der Waals surface area contributed by atoms with Crippen molar-refractivity contribution in [1.29, 1.82) is 0 Å². The second-order valence-corrected chi connectivity index (χ2v) is 11.7. The zero-order chi connectivity index (χ0) is 26.0. The van der Waals surface area contributed by atoms with Crippen LogP contribution in [0, 0.1) is 5.92 Å². The predicted octanol–water partition coefficient (Wildman–Crippen LogP) is 3.46. The number of carbonyl (C=O) groups is 1. The number of nitrogens with zero attached hydrogens (tertiary/aromatic N) is 5. The number of amides is 1. The van der Waals surface area contributed by atoms with E-state index in [0.717, 1.165) is 49.4 Å². The van der Waals surface area contributed by atoms with Crippen molar-refractivity contribution >= 4 is 11.9 Å². The summed E-state index contributed by atoms with van der Waals surface area (Å²) in [4.78, 5) is 21.9. The van der Waals surface area contributed by atoms with E-state index in [1.165, 1.54) is 5.56 Å². The van der Waals surface area contributed by atoms with Crippen LogP contribution in [-0.4, -0.2) is 70.0 Å². The fourth-order valence-electron chi connectivity index (χ4n) is 5.79. The molecule has 2 aliphatic heterocycles. The Kier molecular flexibility index (Phi) is 7.62. The van der Waals surface area contributed by atoms with Crippen molar-refractivity contribution in [3.05, 3.63) is 47.4 Å². The van der Waals surface area contributed by atoms with Crippen LogP contribution in [0.5, 0.6) is 0 Å². The van der Waals surface area contributed by atoms with E-state index < -0.39 is 5.60 Å². The molecule has 1 saturated carbocycles. The molecule has 200 valence electrons. The molecule has 4 unspecified atom stereocenters. The number of ether oxygens (including phenoxy) is 1. The minimum Gasteiger partial charge on any atom is -0.444 e. The molecule has 4 atom stereocenters. The molecule has 2 aromatic rings. The SMILES string of the molecule is CC1NNC2CCC(c3nnc(CCc4ccccc4)c(N4CCN(C(=O)OC(C)(C)C)CC4)n3)CC12. The van der Waals surface area contributed by atoms with E-state index in [0.29, 0.717) is 50.1 Å². The van der Waals surface area contributed by atoms with Crippen LogP contribution in [-0.2, 0) is 17.6 Å². The maximum Gasteiger partial charge on any atom is 0.410 e. The number of rotatable bonds is 5. The Morgan fingerprint density at radius 2 is 1.78 bits per heavy atom. The molecule has 9 heteroatoms. The number of fused-ring (bicyclic) bond motifs is 1. The Hall–Kier alpha value is -2.78. The van der Waals surface area contributed by atoms with E-state index in [4.69, 9.17) is 14.8 Å². The average molecular weight is 508 g/mol. The fraction of sp³-hybridized carbons (Fsp3) is 0.643. The minimum absolute atomic E-state index is 0.248. The lowest BCUT2D eigenvalue weighted by Gasteiger charge is -2.37. The Morgan fingerprint density at radius 3 is 2.51 bits per heavy atom. The summed E-state index contributed by atoms with van der Waals surface area (Å²) in [5.41, 5.74) is 8.58. The summed E-state index contributed by atoms with van der Waals surface area (Å²) >= 11 is 0. The van der Waals surface area contributed by atoms with Gasteiger partial charge in [-0.05, 0) is 71.3 Å². The predicted molar refractivity (Wildman–Crippen MR) is 143 cm³/mol. The number of anilines is 1. The second-order valence-electron chi connectivity index (χ2n) is 11.7. The fourth-order valence-corrected chi connectivity index (χ4v) is 5.79. The molecular formula is C28H41N7O2.